The van der Waals surface area contributed by atoms with E-state index in [1.165, 1.54) is 0 Å². The summed E-state index contributed by atoms with van der Waals surface area (Å²) in [7, 11) is 1.90. The number of hydrogen-bond acceptors (Lipinski definition) is 3. The number of aliphatic hydroxyl groups is 1. The van der Waals surface area contributed by atoms with Gasteiger partial charge in [0, 0.05) is 31.4 Å². The van der Waals surface area contributed by atoms with Crippen LogP contribution in [0.5, 0.6) is 0 Å². The van der Waals surface area contributed by atoms with E-state index in [2.05, 4.69) is 32.9 Å². The number of aryl methyl sites for hydroxylation is 3. The molecule has 0 aliphatic heterocycles. The van der Waals surface area contributed by atoms with Gasteiger partial charge in [0.2, 0.25) is 0 Å². The summed E-state index contributed by atoms with van der Waals surface area (Å²) in [6, 6.07) is 1.91. The highest BCUT2D eigenvalue weighted by Gasteiger charge is 2.18. The summed E-state index contributed by atoms with van der Waals surface area (Å²) in [5.41, 5.74) is 3.95. The fraction of sp³-hybridized carbons (Fsp3) is 0.429. The van der Waals surface area contributed by atoms with Crippen LogP contribution in [-0.4, -0.2) is 19.9 Å². The highest BCUT2D eigenvalue weighted by molar-refractivity contribution is 9.10. The van der Waals surface area contributed by atoms with Crippen molar-refractivity contribution >= 4 is 15.9 Å². The fourth-order valence-electron chi connectivity index (χ4n) is 2.16. The second-order valence-electron chi connectivity index (χ2n) is 4.64. The maximum Gasteiger partial charge on any atom is 0.0863 e. The number of pyridine rings is 1. The van der Waals surface area contributed by atoms with E-state index in [0.717, 1.165) is 33.4 Å². The number of halogens is 1. The average Bonchev–Trinajstić information content (AvgIpc) is 2.66. The topological polar surface area (TPSA) is 50.9 Å². The first-order chi connectivity index (χ1) is 9.04. The van der Waals surface area contributed by atoms with Crippen LogP contribution >= 0.6 is 15.9 Å². The van der Waals surface area contributed by atoms with Gasteiger partial charge in [-0.1, -0.05) is 6.92 Å². The van der Waals surface area contributed by atoms with Crippen LogP contribution in [0, 0.1) is 6.92 Å². The van der Waals surface area contributed by atoms with Crippen molar-refractivity contribution in [2.24, 2.45) is 7.05 Å². The monoisotopic (exact) mass is 323 g/mol. The lowest BCUT2D eigenvalue weighted by Gasteiger charge is -2.13. The molecule has 0 aliphatic carbocycles. The number of aromatic nitrogens is 3. The Labute approximate surface area is 121 Å². The van der Waals surface area contributed by atoms with Crippen molar-refractivity contribution < 1.29 is 5.11 Å². The lowest BCUT2D eigenvalue weighted by molar-refractivity contribution is 0.174. The summed E-state index contributed by atoms with van der Waals surface area (Å²) in [4.78, 5) is 4.08. The number of rotatable bonds is 4. The summed E-state index contributed by atoms with van der Waals surface area (Å²) in [5.74, 6) is 0. The molecule has 0 bridgehead atoms. The third-order valence-corrected chi connectivity index (χ3v) is 4.24. The molecule has 0 fully saturated rings. The van der Waals surface area contributed by atoms with Crippen molar-refractivity contribution in [3.63, 3.8) is 0 Å². The zero-order valence-electron chi connectivity index (χ0n) is 11.4. The summed E-state index contributed by atoms with van der Waals surface area (Å²) >= 11 is 3.57. The predicted octanol–water partition coefficient (Wildman–Crippen LogP) is 2.72. The van der Waals surface area contributed by atoms with Gasteiger partial charge in [0.05, 0.1) is 22.0 Å². The third kappa shape index (κ3) is 2.87. The highest BCUT2D eigenvalue weighted by Crippen LogP contribution is 2.27. The maximum absolute atomic E-state index is 10.4. The first-order valence-corrected chi connectivity index (χ1v) is 7.12. The van der Waals surface area contributed by atoms with Gasteiger partial charge in [0.1, 0.15) is 0 Å². The highest BCUT2D eigenvalue weighted by atomic mass is 79.9. The van der Waals surface area contributed by atoms with E-state index in [-0.39, 0.29) is 0 Å². The van der Waals surface area contributed by atoms with Crippen molar-refractivity contribution in [3.8, 4) is 0 Å². The SMILES string of the molecule is CCc1nn(C)c(CC(O)c2cnccc2C)c1Br. The molecule has 19 heavy (non-hydrogen) atoms. The quantitative estimate of drug-likeness (QED) is 0.941. The first-order valence-electron chi connectivity index (χ1n) is 6.33. The van der Waals surface area contributed by atoms with Gasteiger partial charge >= 0.3 is 0 Å². The van der Waals surface area contributed by atoms with E-state index in [0.29, 0.717) is 6.42 Å². The van der Waals surface area contributed by atoms with Crippen LogP contribution in [0.15, 0.2) is 22.9 Å². The maximum atomic E-state index is 10.4. The molecular formula is C14H18BrN3O. The van der Waals surface area contributed by atoms with Crippen molar-refractivity contribution in [3.05, 3.63) is 45.4 Å². The average molecular weight is 324 g/mol. The Hall–Kier alpha value is -1.20. The molecule has 2 aromatic rings. The molecule has 0 aromatic carbocycles. The summed E-state index contributed by atoms with van der Waals surface area (Å²) in [6.07, 6.45) is 4.30. The van der Waals surface area contributed by atoms with Gasteiger partial charge in [-0.2, -0.15) is 5.10 Å². The van der Waals surface area contributed by atoms with Gasteiger partial charge in [-0.05, 0) is 40.9 Å². The Morgan fingerprint density at radius 3 is 2.79 bits per heavy atom. The van der Waals surface area contributed by atoms with Crippen LogP contribution in [0.1, 0.15) is 35.5 Å². The molecule has 1 unspecified atom stereocenters. The lowest BCUT2D eigenvalue weighted by atomic mass is 10.0. The number of nitrogens with zero attached hydrogens (tertiary/aromatic N) is 3. The Kier molecular flexibility index (Phi) is 4.37. The largest absolute Gasteiger partial charge is 0.388 e. The zero-order valence-corrected chi connectivity index (χ0v) is 13.0. The van der Waals surface area contributed by atoms with Gasteiger partial charge < -0.3 is 5.11 Å². The second kappa shape index (κ2) is 5.84. The van der Waals surface area contributed by atoms with Crippen molar-refractivity contribution in [1.82, 2.24) is 14.8 Å². The van der Waals surface area contributed by atoms with Gasteiger partial charge in [-0.15, -0.1) is 0 Å². The van der Waals surface area contributed by atoms with E-state index in [1.807, 2.05) is 24.7 Å². The smallest absolute Gasteiger partial charge is 0.0863 e. The van der Waals surface area contributed by atoms with E-state index in [9.17, 15) is 5.11 Å². The van der Waals surface area contributed by atoms with Crippen LogP contribution in [0.2, 0.25) is 0 Å². The molecule has 0 saturated heterocycles. The molecule has 2 rings (SSSR count). The summed E-state index contributed by atoms with van der Waals surface area (Å²) in [6.45, 7) is 4.05. The standard InChI is InChI=1S/C14H18BrN3O/c1-4-11-14(15)12(18(3)17-11)7-13(19)10-8-16-6-5-9(10)2/h5-6,8,13,19H,4,7H2,1-3H3. The Balaban J connectivity index is 2.27. The minimum Gasteiger partial charge on any atom is -0.388 e. The Morgan fingerprint density at radius 2 is 2.21 bits per heavy atom. The van der Waals surface area contributed by atoms with E-state index in [1.54, 1.807) is 12.4 Å². The molecule has 2 heterocycles. The van der Waals surface area contributed by atoms with E-state index >= 15 is 0 Å². The molecule has 0 spiro atoms. The zero-order chi connectivity index (χ0) is 14.0. The van der Waals surface area contributed by atoms with Crippen molar-refractivity contribution in [1.29, 1.82) is 0 Å². The molecule has 0 saturated carbocycles. The Bertz CT molecular complexity index is 580. The van der Waals surface area contributed by atoms with Gasteiger partial charge in [0.15, 0.2) is 0 Å². The third-order valence-electron chi connectivity index (χ3n) is 3.33. The van der Waals surface area contributed by atoms with E-state index < -0.39 is 6.10 Å². The summed E-state index contributed by atoms with van der Waals surface area (Å²) < 4.78 is 2.83. The van der Waals surface area contributed by atoms with Crippen LogP contribution in [-0.2, 0) is 19.9 Å². The molecule has 0 amide bonds. The predicted molar refractivity (Wildman–Crippen MR) is 77.9 cm³/mol. The minimum atomic E-state index is -0.565. The van der Waals surface area contributed by atoms with E-state index in [4.69, 9.17) is 0 Å². The first kappa shape index (κ1) is 14.2. The van der Waals surface area contributed by atoms with Gasteiger partial charge in [-0.25, -0.2) is 0 Å². The van der Waals surface area contributed by atoms with Crippen LogP contribution in [0.4, 0.5) is 0 Å². The van der Waals surface area contributed by atoms with Crippen LogP contribution < -0.4 is 0 Å². The molecule has 0 aliphatic rings. The molecule has 0 radical (unpaired) electrons. The molecule has 5 heteroatoms. The molecule has 102 valence electrons. The molecular weight excluding hydrogens is 306 g/mol. The van der Waals surface area contributed by atoms with Crippen LogP contribution in [0.25, 0.3) is 0 Å². The number of aliphatic hydroxyl groups excluding tert-OH is 1. The molecule has 1 atom stereocenters. The molecule has 1 N–H and O–H groups in total. The van der Waals surface area contributed by atoms with Gasteiger partial charge in [-0.3, -0.25) is 9.67 Å². The van der Waals surface area contributed by atoms with Crippen molar-refractivity contribution in [2.45, 2.75) is 32.8 Å². The summed E-state index contributed by atoms with van der Waals surface area (Å²) in [5, 5.41) is 14.8. The molecule has 4 nitrogen and oxygen atoms in total. The minimum absolute atomic E-state index is 0.524. The lowest BCUT2D eigenvalue weighted by Crippen LogP contribution is -2.08. The van der Waals surface area contributed by atoms with Crippen LogP contribution in [0.3, 0.4) is 0 Å². The molecule has 2 aromatic heterocycles. The van der Waals surface area contributed by atoms with Crippen molar-refractivity contribution in [2.75, 3.05) is 0 Å². The van der Waals surface area contributed by atoms with Gasteiger partial charge in [0.25, 0.3) is 0 Å². The Morgan fingerprint density at radius 1 is 1.47 bits per heavy atom. The second-order valence-corrected chi connectivity index (χ2v) is 5.43. The normalized spacial score (nSPS) is 12.7. The number of hydrogen-bond donors (Lipinski definition) is 1. The fourth-order valence-corrected chi connectivity index (χ4v) is 2.94.